The maximum atomic E-state index is 9.03. The maximum Gasteiger partial charge on any atom is 0.183 e. The van der Waals surface area contributed by atoms with Crippen LogP contribution in [0.4, 0.5) is 11.5 Å². The molecular formula is C14H16N6. The molecule has 0 spiro atoms. The Morgan fingerprint density at radius 3 is 2.80 bits per heavy atom. The van der Waals surface area contributed by atoms with Gasteiger partial charge in [0.2, 0.25) is 0 Å². The lowest BCUT2D eigenvalue weighted by Crippen LogP contribution is -2.08. The van der Waals surface area contributed by atoms with Gasteiger partial charge < -0.3 is 5.32 Å². The lowest BCUT2D eigenvalue weighted by molar-refractivity contribution is 0.457. The summed E-state index contributed by atoms with van der Waals surface area (Å²) in [6.45, 7) is 2.04. The van der Waals surface area contributed by atoms with Crippen LogP contribution in [0.5, 0.6) is 0 Å². The summed E-state index contributed by atoms with van der Waals surface area (Å²) in [6, 6.07) is 2.54. The number of anilines is 2. The van der Waals surface area contributed by atoms with Crippen LogP contribution in [-0.4, -0.2) is 19.7 Å². The summed E-state index contributed by atoms with van der Waals surface area (Å²) in [7, 11) is 0. The van der Waals surface area contributed by atoms with Crippen LogP contribution in [0.1, 0.15) is 43.1 Å². The van der Waals surface area contributed by atoms with Gasteiger partial charge in [-0.2, -0.15) is 10.4 Å². The lowest BCUT2D eigenvalue weighted by Gasteiger charge is -2.13. The summed E-state index contributed by atoms with van der Waals surface area (Å²) < 4.78 is 2.08. The average Bonchev–Trinajstić information content (AvgIpc) is 3.10. The van der Waals surface area contributed by atoms with E-state index in [1.165, 1.54) is 31.9 Å². The van der Waals surface area contributed by atoms with Crippen molar-refractivity contribution in [3.63, 3.8) is 0 Å². The van der Waals surface area contributed by atoms with Gasteiger partial charge in [0.15, 0.2) is 11.5 Å². The fraction of sp³-hybridized carbons (Fsp3) is 0.429. The highest BCUT2D eigenvalue weighted by atomic mass is 15.3. The van der Waals surface area contributed by atoms with E-state index in [2.05, 4.69) is 25.1 Å². The molecule has 2 heterocycles. The summed E-state index contributed by atoms with van der Waals surface area (Å²) in [4.78, 5) is 8.15. The van der Waals surface area contributed by atoms with Crippen LogP contribution in [0.15, 0.2) is 18.6 Å². The molecule has 0 radical (unpaired) electrons. The van der Waals surface area contributed by atoms with Crippen molar-refractivity contribution in [2.45, 2.75) is 38.6 Å². The Morgan fingerprint density at radius 1 is 1.30 bits per heavy atom. The van der Waals surface area contributed by atoms with Crippen molar-refractivity contribution < 1.29 is 0 Å². The van der Waals surface area contributed by atoms with E-state index in [1.54, 1.807) is 12.4 Å². The molecule has 0 saturated heterocycles. The third kappa shape index (κ3) is 2.23. The highest BCUT2D eigenvalue weighted by Crippen LogP contribution is 2.32. The first-order chi connectivity index (χ1) is 9.79. The Balaban J connectivity index is 1.86. The van der Waals surface area contributed by atoms with Crippen LogP contribution in [0.3, 0.4) is 0 Å². The molecule has 2 aromatic heterocycles. The summed E-state index contributed by atoms with van der Waals surface area (Å²) in [6.07, 6.45) is 9.81. The zero-order valence-corrected chi connectivity index (χ0v) is 11.4. The monoisotopic (exact) mass is 268 g/mol. The van der Waals surface area contributed by atoms with E-state index in [1.807, 2.05) is 13.0 Å². The molecule has 0 aliphatic heterocycles. The van der Waals surface area contributed by atoms with Crippen LogP contribution in [0.25, 0.3) is 0 Å². The second-order valence-corrected chi connectivity index (χ2v) is 5.02. The summed E-state index contributed by atoms with van der Waals surface area (Å²) in [5.74, 6) is 0.476. The van der Waals surface area contributed by atoms with Crippen molar-refractivity contribution in [3.8, 4) is 6.07 Å². The van der Waals surface area contributed by atoms with Crippen LogP contribution in [-0.2, 0) is 0 Å². The highest BCUT2D eigenvalue weighted by Gasteiger charge is 2.20. The van der Waals surface area contributed by atoms with Crippen molar-refractivity contribution in [1.82, 2.24) is 19.7 Å². The summed E-state index contributed by atoms with van der Waals surface area (Å²) in [5, 5.41) is 16.7. The van der Waals surface area contributed by atoms with E-state index in [-0.39, 0.29) is 0 Å². The Hall–Kier alpha value is -2.42. The van der Waals surface area contributed by atoms with Crippen LogP contribution < -0.4 is 5.32 Å². The minimum atomic E-state index is 0.292. The van der Waals surface area contributed by atoms with E-state index in [4.69, 9.17) is 5.26 Å². The van der Waals surface area contributed by atoms with Crippen molar-refractivity contribution in [2.75, 3.05) is 5.32 Å². The second-order valence-electron chi connectivity index (χ2n) is 5.02. The predicted octanol–water partition coefficient (Wildman–Crippen LogP) is 2.71. The Kier molecular flexibility index (Phi) is 3.33. The van der Waals surface area contributed by atoms with E-state index in [9.17, 15) is 0 Å². The SMILES string of the molecule is Cc1c(Nc2nccnc2C#N)cnn1C1CCCC1. The molecule has 3 rings (SSSR count). The number of hydrogen-bond donors (Lipinski definition) is 1. The highest BCUT2D eigenvalue weighted by molar-refractivity contribution is 5.61. The lowest BCUT2D eigenvalue weighted by atomic mass is 10.2. The predicted molar refractivity (Wildman–Crippen MR) is 74.5 cm³/mol. The molecular weight excluding hydrogens is 252 g/mol. The number of aromatic nitrogens is 4. The number of nitriles is 1. The average molecular weight is 268 g/mol. The van der Waals surface area contributed by atoms with Gasteiger partial charge >= 0.3 is 0 Å². The van der Waals surface area contributed by atoms with Gasteiger partial charge in [-0.1, -0.05) is 12.8 Å². The molecule has 0 bridgehead atoms. The van der Waals surface area contributed by atoms with E-state index in [0.29, 0.717) is 17.6 Å². The number of nitrogens with one attached hydrogen (secondary N) is 1. The van der Waals surface area contributed by atoms with Gasteiger partial charge in [-0.25, -0.2) is 9.97 Å². The van der Waals surface area contributed by atoms with Crippen molar-refractivity contribution in [1.29, 1.82) is 5.26 Å². The van der Waals surface area contributed by atoms with Gasteiger partial charge in [0, 0.05) is 12.4 Å². The molecule has 1 N–H and O–H groups in total. The first-order valence-electron chi connectivity index (χ1n) is 6.82. The van der Waals surface area contributed by atoms with Gasteiger partial charge in [0.1, 0.15) is 6.07 Å². The van der Waals surface area contributed by atoms with Gasteiger partial charge in [-0.15, -0.1) is 0 Å². The van der Waals surface area contributed by atoms with Crippen molar-refractivity contribution in [2.24, 2.45) is 0 Å². The molecule has 0 aromatic carbocycles. The maximum absolute atomic E-state index is 9.03. The van der Waals surface area contributed by atoms with Crippen LogP contribution in [0.2, 0.25) is 0 Å². The second kappa shape index (κ2) is 5.29. The Bertz CT molecular complexity index is 648. The number of nitrogens with zero attached hydrogens (tertiary/aromatic N) is 5. The first kappa shape index (κ1) is 12.6. The van der Waals surface area contributed by atoms with Gasteiger partial charge in [0.25, 0.3) is 0 Å². The number of hydrogen-bond acceptors (Lipinski definition) is 5. The van der Waals surface area contributed by atoms with E-state index < -0.39 is 0 Å². The standard InChI is InChI=1S/C14H16N6/c1-10-13(9-18-20(10)11-4-2-3-5-11)19-14-12(8-15)16-6-7-17-14/h6-7,9,11H,2-5H2,1H3,(H,17,19). The van der Waals surface area contributed by atoms with Gasteiger partial charge in [-0.3, -0.25) is 4.68 Å². The molecule has 0 amide bonds. The Morgan fingerprint density at radius 2 is 2.05 bits per heavy atom. The Labute approximate surface area is 117 Å². The minimum absolute atomic E-state index is 0.292. The molecule has 0 unspecified atom stereocenters. The summed E-state index contributed by atoms with van der Waals surface area (Å²) >= 11 is 0. The molecule has 6 nitrogen and oxygen atoms in total. The first-order valence-corrected chi connectivity index (χ1v) is 6.82. The fourth-order valence-corrected chi connectivity index (χ4v) is 2.70. The molecule has 102 valence electrons. The molecule has 20 heavy (non-hydrogen) atoms. The summed E-state index contributed by atoms with van der Waals surface area (Å²) in [5.41, 5.74) is 2.25. The number of rotatable bonds is 3. The van der Waals surface area contributed by atoms with Crippen molar-refractivity contribution >= 4 is 11.5 Å². The zero-order valence-electron chi connectivity index (χ0n) is 11.4. The smallest absolute Gasteiger partial charge is 0.183 e. The molecule has 2 aromatic rings. The van der Waals surface area contributed by atoms with E-state index in [0.717, 1.165) is 11.4 Å². The fourth-order valence-electron chi connectivity index (χ4n) is 2.70. The van der Waals surface area contributed by atoms with E-state index >= 15 is 0 Å². The van der Waals surface area contributed by atoms with Crippen LogP contribution in [0, 0.1) is 18.3 Å². The minimum Gasteiger partial charge on any atom is -0.335 e. The topological polar surface area (TPSA) is 79.4 Å². The van der Waals surface area contributed by atoms with Gasteiger partial charge in [0.05, 0.1) is 23.6 Å². The van der Waals surface area contributed by atoms with Crippen LogP contribution >= 0.6 is 0 Å². The molecule has 1 aliphatic rings. The largest absolute Gasteiger partial charge is 0.335 e. The molecule has 1 fully saturated rings. The molecule has 6 heteroatoms. The zero-order chi connectivity index (χ0) is 13.9. The quantitative estimate of drug-likeness (QED) is 0.925. The third-order valence-electron chi connectivity index (χ3n) is 3.77. The third-order valence-corrected chi connectivity index (χ3v) is 3.77. The molecule has 1 aliphatic carbocycles. The van der Waals surface area contributed by atoms with Crippen molar-refractivity contribution in [3.05, 3.63) is 30.0 Å². The normalized spacial score (nSPS) is 15.2. The molecule has 0 atom stereocenters. The molecule has 1 saturated carbocycles. The van der Waals surface area contributed by atoms with Gasteiger partial charge in [-0.05, 0) is 19.8 Å².